The monoisotopic (exact) mass is 555 g/mol. The van der Waals surface area contributed by atoms with Crippen LogP contribution < -0.4 is 16.0 Å². The van der Waals surface area contributed by atoms with E-state index in [4.69, 9.17) is 4.74 Å². The van der Waals surface area contributed by atoms with Crippen LogP contribution in [0.25, 0.3) is 0 Å². The normalized spacial score (nSPS) is 14.9. The van der Waals surface area contributed by atoms with Crippen LogP contribution in [0.4, 0.5) is 4.79 Å². The fraction of sp³-hybridized carbons (Fsp3) is 0.516. The highest BCUT2D eigenvalue weighted by Gasteiger charge is 2.32. The Kier molecular flexibility index (Phi) is 12.3. The number of amides is 2. The molecule has 0 unspecified atom stereocenters. The van der Waals surface area contributed by atoms with Crippen LogP contribution in [0.15, 0.2) is 60.7 Å². The second-order valence-electron chi connectivity index (χ2n) is 12.1. The molecule has 220 valence electrons. The number of ether oxygens (including phenoxy) is 1. The maximum Gasteiger partial charge on any atom is 0.407 e. The fourth-order valence-electron chi connectivity index (χ4n) is 4.00. The number of carbonyl (C=O) groups excluding carboxylic acids is 3. The molecule has 4 atom stereocenters. The van der Waals surface area contributed by atoms with Gasteiger partial charge in [0.15, 0.2) is 0 Å². The fourth-order valence-corrected chi connectivity index (χ4v) is 4.00. The summed E-state index contributed by atoms with van der Waals surface area (Å²) >= 11 is 0. The highest BCUT2D eigenvalue weighted by Crippen LogP contribution is 2.15. The van der Waals surface area contributed by atoms with Crippen LogP contribution in [-0.4, -0.2) is 71.0 Å². The average molecular weight is 556 g/mol. The first kappa shape index (κ1) is 32.9. The zero-order valence-electron chi connectivity index (χ0n) is 24.4. The minimum Gasteiger partial charge on any atom is -0.444 e. The summed E-state index contributed by atoms with van der Waals surface area (Å²) in [7, 11) is 0. The lowest BCUT2D eigenvalue weighted by atomic mass is 9.90. The van der Waals surface area contributed by atoms with Gasteiger partial charge in [-0.1, -0.05) is 81.4 Å². The summed E-state index contributed by atoms with van der Waals surface area (Å²) in [4.78, 5) is 37.6. The van der Waals surface area contributed by atoms with E-state index in [1.165, 1.54) is 0 Å². The number of aliphatic hydroxyl groups is 2. The SMILES string of the molecule is CC(C)(C)OC(=O)N[C@@H](Cc1ccccc1)[C@H](O)CNC[C@@H](O)[C@H](Cc1ccccc1)NC(=O)C(=O)C(C)(C)C. The van der Waals surface area contributed by atoms with Crippen molar-refractivity contribution in [3.05, 3.63) is 71.8 Å². The van der Waals surface area contributed by atoms with Crippen molar-refractivity contribution < 1.29 is 29.3 Å². The van der Waals surface area contributed by atoms with E-state index in [-0.39, 0.29) is 13.1 Å². The van der Waals surface area contributed by atoms with Gasteiger partial charge in [-0.05, 0) is 44.7 Å². The standard InChI is InChI=1S/C31H45N3O6/c1-30(2,3)27(37)28(38)33-23(17-21-13-9-7-10-14-21)25(35)19-32-20-26(36)24(18-22-15-11-8-12-16-22)34-29(39)40-31(4,5)6/h7-16,23-26,32,35-36H,17-20H2,1-6H3,(H,33,38)(H,34,39)/t23-,24-,25+,26+/m0/s1. The molecule has 9 nitrogen and oxygen atoms in total. The summed E-state index contributed by atoms with van der Waals surface area (Å²) < 4.78 is 5.38. The van der Waals surface area contributed by atoms with Gasteiger partial charge in [0, 0.05) is 18.5 Å². The summed E-state index contributed by atoms with van der Waals surface area (Å²) in [6.07, 6.45) is -2.03. The van der Waals surface area contributed by atoms with Gasteiger partial charge in [0.1, 0.15) is 5.60 Å². The van der Waals surface area contributed by atoms with Crippen LogP contribution in [0.5, 0.6) is 0 Å². The Bertz CT molecular complexity index is 1080. The average Bonchev–Trinajstić information content (AvgIpc) is 2.86. The summed E-state index contributed by atoms with van der Waals surface area (Å²) in [5.41, 5.74) is 0.265. The van der Waals surface area contributed by atoms with Gasteiger partial charge in [-0.2, -0.15) is 0 Å². The molecule has 5 N–H and O–H groups in total. The molecule has 0 fully saturated rings. The lowest BCUT2D eigenvalue weighted by molar-refractivity contribution is -0.143. The van der Waals surface area contributed by atoms with Gasteiger partial charge in [-0.3, -0.25) is 9.59 Å². The van der Waals surface area contributed by atoms with E-state index < -0.39 is 53.1 Å². The molecule has 0 heterocycles. The molecular formula is C31H45N3O6. The van der Waals surface area contributed by atoms with E-state index in [2.05, 4.69) is 16.0 Å². The molecular weight excluding hydrogens is 510 g/mol. The van der Waals surface area contributed by atoms with Crippen molar-refractivity contribution in [1.29, 1.82) is 0 Å². The molecule has 0 radical (unpaired) electrons. The highest BCUT2D eigenvalue weighted by molar-refractivity contribution is 6.38. The number of nitrogens with one attached hydrogen (secondary N) is 3. The molecule has 0 saturated heterocycles. The molecule has 2 rings (SSSR count). The van der Waals surface area contributed by atoms with E-state index in [0.717, 1.165) is 11.1 Å². The summed E-state index contributed by atoms with van der Waals surface area (Å²) in [5.74, 6) is -1.32. The molecule has 0 spiro atoms. The second kappa shape index (κ2) is 14.9. The second-order valence-corrected chi connectivity index (χ2v) is 12.1. The Morgan fingerprint density at radius 2 is 1.15 bits per heavy atom. The number of ketones is 1. The van der Waals surface area contributed by atoms with Crippen molar-refractivity contribution in [3.63, 3.8) is 0 Å². The zero-order chi connectivity index (χ0) is 29.9. The van der Waals surface area contributed by atoms with E-state index in [0.29, 0.717) is 12.8 Å². The van der Waals surface area contributed by atoms with Gasteiger partial charge in [0.25, 0.3) is 5.91 Å². The molecule has 0 aliphatic heterocycles. The van der Waals surface area contributed by atoms with E-state index in [9.17, 15) is 24.6 Å². The molecule has 0 aromatic heterocycles. The number of rotatable bonds is 13. The predicted molar refractivity (Wildman–Crippen MR) is 155 cm³/mol. The van der Waals surface area contributed by atoms with Crippen molar-refractivity contribution >= 4 is 17.8 Å². The van der Waals surface area contributed by atoms with Crippen LogP contribution >= 0.6 is 0 Å². The lowest BCUT2D eigenvalue weighted by Gasteiger charge is -2.28. The minimum absolute atomic E-state index is 0.0308. The largest absolute Gasteiger partial charge is 0.444 e. The van der Waals surface area contributed by atoms with E-state index >= 15 is 0 Å². The van der Waals surface area contributed by atoms with Gasteiger partial charge in [-0.15, -0.1) is 0 Å². The topological polar surface area (TPSA) is 137 Å². The Morgan fingerprint density at radius 3 is 1.55 bits per heavy atom. The molecule has 0 aliphatic carbocycles. The number of aliphatic hydroxyl groups excluding tert-OH is 2. The molecule has 40 heavy (non-hydrogen) atoms. The van der Waals surface area contributed by atoms with Crippen molar-refractivity contribution in [2.24, 2.45) is 5.41 Å². The predicted octanol–water partition coefficient (Wildman–Crippen LogP) is 2.78. The number of hydrogen-bond donors (Lipinski definition) is 5. The number of benzene rings is 2. The van der Waals surface area contributed by atoms with Crippen LogP contribution in [0.1, 0.15) is 52.7 Å². The summed E-state index contributed by atoms with van der Waals surface area (Å²) in [5, 5.41) is 30.5. The third-order valence-corrected chi connectivity index (χ3v) is 6.14. The maximum atomic E-state index is 12.7. The molecule has 2 aromatic rings. The number of carbonyl (C=O) groups is 3. The maximum absolute atomic E-state index is 12.7. The Morgan fingerprint density at radius 1 is 0.725 bits per heavy atom. The molecule has 0 bridgehead atoms. The van der Waals surface area contributed by atoms with E-state index in [1.54, 1.807) is 41.5 Å². The third-order valence-electron chi connectivity index (χ3n) is 6.14. The first-order valence-electron chi connectivity index (χ1n) is 13.6. The quantitative estimate of drug-likeness (QED) is 0.240. The molecule has 2 aromatic carbocycles. The third kappa shape index (κ3) is 11.9. The smallest absolute Gasteiger partial charge is 0.407 e. The van der Waals surface area contributed by atoms with Crippen LogP contribution in [0, 0.1) is 5.41 Å². The van der Waals surface area contributed by atoms with E-state index in [1.807, 2.05) is 60.7 Å². The number of hydrogen-bond acceptors (Lipinski definition) is 7. The van der Waals surface area contributed by atoms with Crippen LogP contribution in [-0.2, 0) is 27.2 Å². The van der Waals surface area contributed by atoms with Crippen molar-refractivity contribution in [1.82, 2.24) is 16.0 Å². The van der Waals surface area contributed by atoms with Crippen LogP contribution in [0.3, 0.4) is 0 Å². The minimum atomic E-state index is -1.06. The van der Waals surface area contributed by atoms with Crippen molar-refractivity contribution in [2.45, 2.75) is 84.3 Å². The Labute approximate surface area is 237 Å². The number of alkyl carbamates (subject to hydrolysis) is 1. The van der Waals surface area contributed by atoms with Gasteiger partial charge in [0.05, 0.1) is 24.3 Å². The zero-order valence-corrected chi connectivity index (χ0v) is 24.4. The Balaban J connectivity index is 2.06. The van der Waals surface area contributed by atoms with Crippen molar-refractivity contribution in [3.8, 4) is 0 Å². The number of Topliss-reactive ketones (excluding diaryl/α,β-unsaturated/α-hetero) is 1. The Hall–Kier alpha value is -3.27. The van der Waals surface area contributed by atoms with Gasteiger partial charge >= 0.3 is 6.09 Å². The molecule has 9 heteroatoms. The summed E-state index contributed by atoms with van der Waals surface area (Å²) in [6.45, 7) is 10.4. The van der Waals surface area contributed by atoms with Gasteiger partial charge < -0.3 is 30.9 Å². The van der Waals surface area contributed by atoms with Crippen molar-refractivity contribution in [2.75, 3.05) is 13.1 Å². The van der Waals surface area contributed by atoms with Gasteiger partial charge in [-0.25, -0.2) is 4.79 Å². The lowest BCUT2D eigenvalue weighted by Crippen LogP contribution is -2.54. The molecule has 0 saturated carbocycles. The first-order chi connectivity index (χ1) is 18.7. The summed E-state index contributed by atoms with van der Waals surface area (Å²) in [6, 6.07) is 17.4. The molecule has 0 aliphatic rings. The molecule has 2 amide bonds. The first-order valence-corrected chi connectivity index (χ1v) is 13.6. The van der Waals surface area contributed by atoms with Crippen LogP contribution in [0.2, 0.25) is 0 Å². The highest BCUT2D eigenvalue weighted by atomic mass is 16.6. The van der Waals surface area contributed by atoms with Gasteiger partial charge in [0.2, 0.25) is 5.78 Å².